The van der Waals surface area contributed by atoms with Crippen molar-refractivity contribution in [1.82, 2.24) is 4.57 Å². The van der Waals surface area contributed by atoms with Crippen LogP contribution in [0.2, 0.25) is 0 Å². The minimum Gasteiger partial charge on any atom is -0.396 e. The van der Waals surface area contributed by atoms with Crippen molar-refractivity contribution in [3.05, 3.63) is 11.8 Å². The average molecular weight is 262 g/mol. The third kappa shape index (κ3) is 2.85. The number of ether oxygens (including phenoxy) is 1. The molecule has 1 aliphatic heterocycles. The van der Waals surface area contributed by atoms with E-state index in [9.17, 15) is 5.26 Å². The van der Waals surface area contributed by atoms with E-state index < -0.39 is 0 Å². The molecule has 1 atom stereocenters. The Morgan fingerprint density at radius 3 is 3.00 bits per heavy atom. The Labute approximate surface area is 114 Å². The van der Waals surface area contributed by atoms with Crippen LogP contribution >= 0.6 is 0 Å². The zero-order chi connectivity index (χ0) is 13.8. The second-order valence-electron chi connectivity index (χ2n) is 5.26. The van der Waals surface area contributed by atoms with Crippen LogP contribution in [-0.4, -0.2) is 31.4 Å². The molecule has 1 aliphatic rings. The van der Waals surface area contributed by atoms with E-state index in [-0.39, 0.29) is 0 Å². The van der Waals surface area contributed by atoms with Gasteiger partial charge in [-0.05, 0) is 24.8 Å². The Hall–Kier alpha value is -1.67. The van der Waals surface area contributed by atoms with Gasteiger partial charge in [0.15, 0.2) is 0 Å². The van der Waals surface area contributed by atoms with Gasteiger partial charge < -0.3 is 19.9 Å². The SMILES string of the molecule is COCCn1c(C#N)cc(N)c1N1CCC[C@@H](C)C1. The molecular formula is C14H22N4O. The van der Waals surface area contributed by atoms with Gasteiger partial charge in [0, 0.05) is 26.7 Å². The lowest BCUT2D eigenvalue weighted by Crippen LogP contribution is -2.36. The van der Waals surface area contributed by atoms with E-state index in [0.29, 0.717) is 30.5 Å². The number of methoxy groups -OCH3 is 1. The molecule has 0 aromatic carbocycles. The average Bonchev–Trinajstić information content (AvgIpc) is 2.72. The van der Waals surface area contributed by atoms with Gasteiger partial charge in [0.25, 0.3) is 0 Å². The van der Waals surface area contributed by atoms with E-state index >= 15 is 0 Å². The zero-order valence-electron chi connectivity index (χ0n) is 11.7. The third-order valence-electron chi connectivity index (χ3n) is 3.69. The first kappa shape index (κ1) is 13.8. The number of rotatable bonds is 4. The molecule has 1 aromatic rings. The van der Waals surface area contributed by atoms with E-state index in [1.807, 2.05) is 4.57 Å². The van der Waals surface area contributed by atoms with E-state index in [4.69, 9.17) is 10.5 Å². The highest BCUT2D eigenvalue weighted by Crippen LogP contribution is 2.31. The highest BCUT2D eigenvalue weighted by Gasteiger charge is 2.23. The molecule has 2 N–H and O–H groups in total. The van der Waals surface area contributed by atoms with Gasteiger partial charge in [-0.2, -0.15) is 5.26 Å². The topological polar surface area (TPSA) is 67.2 Å². The van der Waals surface area contributed by atoms with Gasteiger partial charge in [-0.25, -0.2) is 0 Å². The number of nitrogens with zero attached hydrogens (tertiary/aromatic N) is 3. The molecule has 5 heteroatoms. The van der Waals surface area contributed by atoms with Crippen molar-refractivity contribution in [2.45, 2.75) is 26.3 Å². The first-order chi connectivity index (χ1) is 9.17. The summed E-state index contributed by atoms with van der Waals surface area (Å²) in [6.45, 7) is 5.52. The Bertz CT molecular complexity index is 475. The van der Waals surface area contributed by atoms with Crippen LogP contribution in [0.15, 0.2) is 6.07 Å². The first-order valence-electron chi connectivity index (χ1n) is 6.80. The fourth-order valence-corrected chi connectivity index (χ4v) is 2.80. The molecule has 1 saturated heterocycles. The Morgan fingerprint density at radius 2 is 2.37 bits per heavy atom. The van der Waals surface area contributed by atoms with E-state index in [1.165, 1.54) is 12.8 Å². The fraction of sp³-hybridized carbons (Fsp3) is 0.643. The van der Waals surface area contributed by atoms with Gasteiger partial charge in [-0.1, -0.05) is 6.92 Å². The molecule has 0 spiro atoms. The van der Waals surface area contributed by atoms with Gasteiger partial charge in [0.2, 0.25) is 0 Å². The lowest BCUT2D eigenvalue weighted by Gasteiger charge is -2.33. The minimum absolute atomic E-state index is 0.583. The summed E-state index contributed by atoms with van der Waals surface area (Å²) in [4.78, 5) is 2.31. The number of anilines is 2. The van der Waals surface area contributed by atoms with Crippen LogP contribution in [0.1, 0.15) is 25.5 Å². The molecule has 0 aliphatic carbocycles. The summed E-state index contributed by atoms with van der Waals surface area (Å²) in [5, 5.41) is 9.22. The number of aromatic nitrogens is 1. The van der Waals surface area contributed by atoms with Crippen LogP contribution in [0, 0.1) is 17.2 Å². The van der Waals surface area contributed by atoms with Crippen LogP contribution in [0.25, 0.3) is 0 Å². The smallest absolute Gasteiger partial charge is 0.133 e. The largest absolute Gasteiger partial charge is 0.396 e. The molecule has 5 nitrogen and oxygen atoms in total. The van der Waals surface area contributed by atoms with E-state index in [1.54, 1.807) is 13.2 Å². The van der Waals surface area contributed by atoms with Crippen LogP contribution in [0.5, 0.6) is 0 Å². The summed E-state index contributed by atoms with van der Waals surface area (Å²) in [6, 6.07) is 3.98. The van der Waals surface area contributed by atoms with Crippen molar-refractivity contribution in [1.29, 1.82) is 5.26 Å². The molecule has 2 heterocycles. The van der Waals surface area contributed by atoms with Crippen molar-refractivity contribution in [3.63, 3.8) is 0 Å². The highest BCUT2D eigenvalue weighted by molar-refractivity contribution is 5.68. The monoisotopic (exact) mass is 262 g/mol. The predicted molar refractivity (Wildman–Crippen MR) is 76.0 cm³/mol. The van der Waals surface area contributed by atoms with Crippen LogP contribution < -0.4 is 10.6 Å². The number of hydrogen-bond acceptors (Lipinski definition) is 4. The lowest BCUT2D eigenvalue weighted by molar-refractivity contribution is 0.187. The first-order valence-corrected chi connectivity index (χ1v) is 6.80. The maximum atomic E-state index is 9.22. The van der Waals surface area contributed by atoms with Crippen LogP contribution in [-0.2, 0) is 11.3 Å². The third-order valence-corrected chi connectivity index (χ3v) is 3.69. The molecule has 2 rings (SSSR count). The summed E-state index contributed by atoms with van der Waals surface area (Å²) >= 11 is 0. The molecule has 0 saturated carbocycles. The van der Waals surface area contributed by atoms with Crippen molar-refractivity contribution < 1.29 is 4.74 Å². The van der Waals surface area contributed by atoms with E-state index in [0.717, 1.165) is 18.9 Å². The van der Waals surface area contributed by atoms with Gasteiger partial charge in [-0.3, -0.25) is 0 Å². The van der Waals surface area contributed by atoms with Gasteiger partial charge in [0.05, 0.1) is 12.3 Å². The van der Waals surface area contributed by atoms with Crippen molar-refractivity contribution in [2.24, 2.45) is 5.92 Å². The summed E-state index contributed by atoms with van der Waals surface area (Å²) in [5.41, 5.74) is 7.42. The van der Waals surface area contributed by atoms with Gasteiger partial charge >= 0.3 is 0 Å². The summed E-state index contributed by atoms with van der Waals surface area (Å²) in [5.74, 6) is 1.66. The standard InChI is InChI=1S/C14H22N4O/c1-11-4-3-5-17(10-11)14-13(16)8-12(9-15)18(14)6-7-19-2/h8,11H,3-7,10,16H2,1-2H3/t11-/m1/s1. The molecule has 0 unspecified atom stereocenters. The van der Waals surface area contributed by atoms with Gasteiger partial charge in [0.1, 0.15) is 17.6 Å². The molecule has 0 bridgehead atoms. The Kier molecular flexibility index (Phi) is 4.33. The molecule has 1 aromatic heterocycles. The van der Waals surface area contributed by atoms with Crippen LogP contribution in [0.4, 0.5) is 11.5 Å². The number of nitrogens with two attached hydrogens (primary N) is 1. The maximum absolute atomic E-state index is 9.22. The van der Waals surface area contributed by atoms with E-state index in [2.05, 4.69) is 17.9 Å². The number of piperidine rings is 1. The van der Waals surface area contributed by atoms with Crippen molar-refractivity contribution in [3.8, 4) is 6.07 Å². The highest BCUT2D eigenvalue weighted by atomic mass is 16.5. The molecule has 1 fully saturated rings. The predicted octanol–water partition coefficient (Wildman–Crippen LogP) is 1.82. The molecular weight excluding hydrogens is 240 g/mol. The quantitative estimate of drug-likeness (QED) is 0.899. The molecule has 19 heavy (non-hydrogen) atoms. The maximum Gasteiger partial charge on any atom is 0.133 e. The minimum atomic E-state index is 0.583. The second-order valence-corrected chi connectivity index (χ2v) is 5.26. The molecule has 0 radical (unpaired) electrons. The normalized spacial score (nSPS) is 19.4. The number of hydrogen-bond donors (Lipinski definition) is 1. The summed E-state index contributed by atoms with van der Waals surface area (Å²) in [6.07, 6.45) is 2.44. The van der Waals surface area contributed by atoms with Crippen LogP contribution in [0.3, 0.4) is 0 Å². The second kappa shape index (κ2) is 5.98. The zero-order valence-corrected chi connectivity index (χ0v) is 11.7. The Balaban J connectivity index is 2.32. The molecule has 104 valence electrons. The van der Waals surface area contributed by atoms with Crippen molar-refractivity contribution in [2.75, 3.05) is 37.4 Å². The summed E-state index contributed by atoms with van der Waals surface area (Å²) in [7, 11) is 1.67. The summed E-state index contributed by atoms with van der Waals surface area (Å²) < 4.78 is 7.11. The Morgan fingerprint density at radius 1 is 1.58 bits per heavy atom. The lowest BCUT2D eigenvalue weighted by atomic mass is 10.0. The fourth-order valence-electron chi connectivity index (χ4n) is 2.80. The van der Waals surface area contributed by atoms with Gasteiger partial charge in [-0.15, -0.1) is 0 Å². The number of nitriles is 1. The molecule has 0 amide bonds. The number of nitrogen functional groups attached to an aromatic ring is 1. The van der Waals surface area contributed by atoms with Crippen molar-refractivity contribution >= 4 is 11.5 Å².